The van der Waals surface area contributed by atoms with Gasteiger partial charge in [-0.2, -0.15) is 5.10 Å². The van der Waals surface area contributed by atoms with Gasteiger partial charge < -0.3 is 25.1 Å². The normalized spacial score (nSPS) is 13.4. The van der Waals surface area contributed by atoms with Gasteiger partial charge in [0, 0.05) is 18.9 Å². The van der Waals surface area contributed by atoms with Crippen molar-refractivity contribution in [3.63, 3.8) is 0 Å². The molecule has 188 valence electrons. The minimum Gasteiger partial charge on any atom is -0.478 e. The van der Waals surface area contributed by atoms with E-state index in [0.29, 0.717) is 12.1 Å². The lowest BCUT2D eigenvalue weighted by atomic mass is 10.1. The summed E-state index contributed by atoms with van der Waals surface area (Å²) in [6, 6.07) is 3.33. The van der Waals surface area contributed by atoms with E-state index in [0.717, 1.165) is 25.0 Å². The minimum atomic E-state index is -2.58. The van der Waals surface area contributed by atoms with Gasteiger partial charge in [0.25, 0.3) is 0 Å². The minimum absolute atomic E-state index is 0.0169. The van der Waals surface area contributed by atoms with Crippen LogP contribution in [0.3, 0.4) is 0 Å². The van der Waals surface area contributed by atoms with E-state index in [2.05, 4.69) is 28.7 Å². The van der Waals surface area contributed by atoms with Crippen molar-refractivity contribution in [2.45, 2.75) is 33.1 Å². The summed E-state index contributed by atoms with van der Waals surface area (Å²) in [5.74, 6) is -2.89. The number of rotatable bonds is 14. The molecule has 0 radical (unpaired) electrons. The molecule has 11 nitrogen and oxygen atoms in total. The second kappa shape index (κ2) is 13.7. The van der Waals surface area contributed by atoms with E-state index in [1.807, 2.05) is 6.92 Å². The van der Waals surface area contributed by atoms with Crippen LogP contribution in [0.4, 0.5) is 5.69 Å². The zero-order valence-electron chi connectivity index (χ0n) is 19.7. The molecule has 0 aromatic heterocycles. The first-order valence-electron chi connectivity index (χ1n) is 10.4. The Kier molecular flexibility index (Phi) is 11.4. The maximum absolute atomic E-state index is 12.1. The highest BCUT2D eigenvalue weighted by molar-refractivity contribution is 7.83. The fourth-order valence-corrected chi connectivity index (χ4v) is 3.41. The number of allylic oxidation sites excluding steroid dienone is 1. The predicted octanol–water partition coefficient (Wildman–Crippen LogP) is 3.86. The van der Waals surface area contributed by atoms with Crippen LogP contribution in [0.25, 0.3) is 0 Å². The van der Waals surface area contributed by atoms with Gasteiger partial charge in [-0.15, -0.1) is 0 Å². The fraction of sp³-hybridized carbons (Fsp3) is 0.261. The standard InChI is InChI=1S/C23H29N5O6S/c1-6-9-10-18(25-5)20(14(4)24)26-27-21(19(7-2)35(33)34)28(8-3)17-12-15(22(29)30)11-16(13-17)23(31)32/h7-8,11-13,24,27H,2-3,6,9-10H2,1,4-5H3,(H,29,30)(H,31,32)(H,33,34)/b21-19+,24-14?,25-18?,26-20?. The molecule has 12 heteroatoms. The number of carboxylic acid groups (broad SMARTS) is 2. The van der Waals surface area contributed by atoms with E-state index in [4.69, 9.17) is 5.41 Å². The Morgan fingerprint density at radius 1 is 1.20 bits per heavy atom. The number of carbonyl (C=O) groups is 2. The first kappa shape index (κ1) is 29.1. The summed E-state index contributed by atoms with van der Waals surface area (Å²) >= 11 is -2.58. The number of aromatic carboxylic acids is 2. The van der Waals surface area contributed by atoms with Gasteiger partial charge in [-0.25, -0.2) is 13.8 Å². The van der Waals surface area contributed by atoms with Gasteiger partial charge >= 0.3 is 11.9 Å². The molecule has 0 aliphatic heterocycles. The molecular weight excluding hydrogens is 474 g/mol. The zero-order chi connectivity index (χ0) is 26.7. The molecule has 0 aliphatic rings. The van der Waals surface area contributed by atoms with Gasteiger partial charge in [0.05, 0.1) is 22.6 Å². The van der Waals surface area contributed by atoms with E-state index in [1.165, 1.54) is 30.2 Å². The van der Waals surface area contributed by atoms with Crippen LogP contribution in [0, 0.1) is 5.41 Å². The van der Waals surface area contributed by atoms with Gasteiger partial charge in [-0.3, -0.25) is 10.4 Å². The first-order chi connectivity index (χ1) is 16.5. The second-order valence-corrected chi connectivity index (χ2v) is 8.01. The number of anilines is 1. The van der Waals surface area contributed by atoms with Crippen LogP contribution in [0.15, 0.2) is 64.5 Å². The number of nitrogens with zero attached hydrogens (tertiary/aromatic N) is 3. The lowest BCUT2D eigenvalue weighted by Crippen LogP contribution is -2.31. The number of carboxylic acids is 2. The van der Waals surface area contributed by atoms with Crippen molar-refractivity contribution in [3.8, 4) is 0 Å². The second-order valence-electron chi connectivity index (χ2n) is 7.07. The molecule has 1 unspecified atom stereocenters. The summed E-state index contributed by atoms with van der Waals surface area (Å²) in [5, 5.41) is 31.2. The van der Waals surface area contributed by atoms with Crippen LogP contribution >= 0.6 is 0 Å². The van der Waals surface area contributed by atoms with Crippen LogP contribution in [0.5, 0.6) is 0 Å². The lowest BCUT2D eigenvalue weighted by Gasteiger charge is -2.25. The Morgan fingerprint density at radius 3 is 2.14 bits per heavy atom. The van der Waals surface area contributed by atoms with Crippen molar-refractivity contribution < 1.29 is 28.6 Å². The Balaban J connectivity index is 3.80. The van der Waals surface area contributed by atoms with Crippen molar-refractivity contribution in [2.24, 2.45) is 10.1 Å². The third-order valence-corrected chi connectivity index (χ3v) is 5.40. The average molecular weight is 504 g/mol. The maximum Gasteiger partial charge on any atom is 0.335 e. The highest BCUT2D eigenvalue weighted by Gasteiger charge is 2.21. The first-order valence-corrected chi connectivity index (χ1v) is 11.5. The van der Waals surface area contributed by atoms with Gasteiger partial charge in [0.2, 0.25) is 0 Å². The molecule has 1 atom stereocenters. The number of aliphatic imine (C=N–C) groups is 1. The number of benzene rings is 1. The Morgan fingerprint density at radius 2 is 1.77 bits per heavy atom. The Labute approximate surface area is 206 Å². The lowest BCUT2D eigenvalue weighted by molar-refractivity contribution is 0.0696. The van der Waals surface area contributed by atoms with Crippen LogP contribution in [-0.4, -0.2) is 55.1 Å². The molecule has 1 aromatic carbocycles. The van der Waals surface area contributed by atoms with Gasteiger partial charge in [0.1, 0.15) is 16.4 Å². The predicted molar refractivity (Wildman–Crippen MR) is 138 cm³/mol. The average Bonchev–Trinajstić information content (AvgIpc) is 2.80. The topological polar surface area (TPSA) is 176 Å². The highest BCUT2D eigenvalue weighted by atomic mass is 32.2. The molecule has 35 heavy (non-hydrogen) atoms. The van der Waals surface area contributed by atoms with Crippen LogP contribution in [-0.2, 0) is 11.1 Å². The fourth-order valence-electron chi connectivity index (χ4n) is 2.96. The largest absolute Gasteiger partial charge is 0.478 e. The molecular formula is C23H29N5O6S. The number of nitrogens with one attached hydrogen (secondary N) is 2. The third kappa shape index (κ3) is 7.83. The van der Waals surface area contributed by atoms with Crippen molar-refractivity contribution in [3.05, 3.63) is 65.5 Å². The van der Waals surface area contributed by atoms with Crippen molar-refractivity contribution >= 4 is 45.8 Å². The Hall–Kier alpha value is -3.90. The summed E-state index contributed by atoms with van der Waals surface area (Å²) in [7, 11) is 1.57. The van der Waals surface area contributed by atoms with Gasteiger partial charge in [0.15, 0.2) is 11.1 Å². The summed E-state index contributed by atoms with van der Waals surface area (Å²) in [6.07, 6.45) is 4.52. The molecule has 0 bridgehead atoms. The summed E-state index contributed by atoms with van der Waals surface area (Å²) < 4.78 is 21.9. The van der Waals surface area contributed by atoms with Crippen molar-refractivity contribution in [1.82, 2.24) is 5.43 Å². The molecule has 0 spiro atoms. The van der Waals surface area contributed by atoms with E-state index in [-0.39, 0.29) is 39.0 Å². The number of unbranched alkanes of at least 4 members (excludes halogenated alkanes) is 1. The summed E-state index contributed by atoms with van der Waals surface area (Å²) in [6.45, 7) is 10.7. The molecule has 0 fully saturated rings. The van der Waals surface area contributed by atoms with E-state index >= 15 is 0 Å². The van der Waals surface area contributed by atoms with Crippen molar-refractivity contribution in [2.75, 3.05) is 11.9 Å². The maximum atomic E-state index is 12.1. The van der Waals surface area contributed by atoms with E-state index < -0.39 is 23.0 Å². The molecule has 0 heterocycles. The van der Waals surface area contributed by atoms with Crippen LogP contribution in [0.2, 0.25) is 0 Å². The number of hydrogen-bond donors (Lipinski definition) is 5. The molecule has 0 saturated carbocycles. The quantitative estimate of drug-likeness (QED) is 0.110. The van der Waals surface area contributed by atoms with Gasteiger partial charge in [-0.1, -0.05) is 26.5 Å². The highest BCUT2D eigenvalue weighted by Crippen LogP contribution is 2.25. The molecule has 1 aromatic rings. The summed E-state index contributed by atoms with van der Waals surface area (Å²) in [4.78, 5) is 28.2. The third-order valence-electron chi connectivity index (χ3n) is 4.66. The smallest absolute Gasteiger partial charge is 0.335 e. The Bertz CT molecular complexity index is 1110. The van der Waals surface area contributed by atoms with Crippen LogP contribution < -0.4 is 10.3 Å². The zero-order valence-corrected chi connectivity index (χ0v) is 20.6. The van der Waals surface area contributed by atoms with E-state index in [9.17, 15) is 28.6 Å². The molecule has 0 amide bonds. The van der Waals surface area contributed by atoms with E-state index in [1.54, 1.807) is 7.05 Å². The summed E-state index contributed by atoms with van der Waals surface area (Å²) in [5.41, 5.74) is 2.86. The number of hydrogen-bond acceptors (Lipinski definition) is 8. The SMILES string of the molecule is C=C/C(=C(/NN=C(C(C)=N)C(CCCC)=NC)N(C=C)c1cc(C(=O)O)cc(C(=O)O)c1)S(=O)O. The molecule has 5 N–H and O–H groups in total. The van der Waals surface area contributed by atoms with Crippen molar-refractivity contribution in [1.29, 1.82) is 5.41 Å². The van der Waals surface area contributed by atoms with Gasteiger partial charge in [-0.05, 0) is 44.0 Å². The van der Waals surface area contributed by atoms with Crippen LogP contribution in [0.1, 0.15) is 53.8 Å². The molecule has 0 saturated heterocycles. The molecule has 1 rings (SSSR count). The monoisotopic (exact) mass is 503 g/mol. The number of hydrazone groups is 1. The molecule has 0 aliphatic carbocycles.